The monoisotopic (exact) mass is 346 g/mol. The van der Waals surface area contributed by atoms with Gasteiger partial charge in [0, 0.05) is 10.0 Å². The maximum absolute atomic E-state index is 4.51. The van der Waals surface area contributed by atoms with Crippen LogP contribution in [0.4, 0.5) is 0 Å². The maximum atomic E-state index is 4.51. The van der Waals surface area contributed by atoms with Crippen molar-refractivity contribution in [2.45, 2.75) is 18.7 Å². The first kappa shape index (κ1) is 13.7. The van der Waals surface area contributed by atoms with Gasteiger partial charge in [-0.05, 0) is 31.5 Å². The third kappa shape index (κ3) is 2.63. The number of hydrazone groups is 1. The zero-order valence-electron chi connectivity index (χ0n) is 11.4. The van der Waals surface area contributed by atoms with Crippen LogP contribution in [-0.2, 0) is 4.87 Å². The van der Waals surface area contributed by atoms with E-state index in [1.165, 1.54) is 11.1 Å². The number of nitrogens with zero attached hydrogens (tertiary/aromatic N) is 1. The Bertz CT molecular complexity index is 649. The van der Waals surface area contributed by atoms with Gasteiger partial charge in [0.25, 0.3) is 0 Å². The van der Waals surface area contributed by atoms with Crippen molar-refractivity contribution in [1.82, 2.24) is 5.43 Å². The highest BCUT2D eigenvalue weighted by molar-refractivity contribution is 9.10. The molecule has 2 nitrogen and oxygen atoms in total. The Balaban J connectivity index is 1.84. The average molecular weight is 347 g/mol. The van der Waals surface area contributed by atoms with Gasteiger partial charge in [0.2, 0.25) is 0 Å². The van der Waals surface area contributed by atoms with Crippen molar-refractivity contribution in [3.63, 3.8) is 0 Å². The van der Waals surface area contributed by atoms with Crippen LogP contribution in [0.15, 0.2) is 58.1 Å². The molecule has 0 aromatic heterocycles. The number of thioether (sulfide) groups is 1. The second-order valence-corrected chi connectivity index (χ2v) is 7.36. The minimum atomic E-state index is -0.207. The van der Waals surface area contributed by atoms with E-state index in [1.807, 2.05) is 0 Å². The van der Waals surface area contributed by atoms with Crippen LogP contribution in [0.3, 0.4) is 0 Å². The molecule has 0 fully saturated rings. The highest BCUT2D eigenvalue weighted by Crippen LogP contribution is 2.40. The molecule has 0 saturated heterocycles. The topological polar surface area (TPSA) is 24.4 Å². The van der Waals surface area contributed by atoms with Crippen molar-refractivity contribution in [3.8, 4) is 0 Å². The molecule has 0 spiro atoms. The fourth-order valence-electron chi connectivity index (χ4n) is 2.11. The van der Waals surface area contributed by atoms with E-state index in [4.69, 9.17) is 0 Å². The van der Waals surface area contributed by atoms with Crippen molar-refractivity contribution in [2.75, 3.05) is 0 Å². The summed E-state index contributed by atoms with van der Waals surface area (Å²) in [6.07, 6.45) is 0. The smallest absolute Gasteiger partial charge is 0.128 e. The quantitative estimate of drug-likeness (QED) is 0.857. The van der Waals surface area contributed by atoms with Crippen LogP contribution in [-0.4, -0.2) is 5.04 Å². The van der Waals surface area contributed by atoms with Crippen LogP contribution >= 0.6 is 27.7 Å². The van der Waals surface area contributed by atoms with Crippen molar-refractivity contribution >= 4 is 32.7 Å². The molecule has 0 bridgehead atoms. The number of halogens is 1. The predicted molar refractivity (Wildman–Crippen MR) is 89.9 cm³/mol. The molecule has 1 unspecified atom stereocenters. The van der Waals surface area contributed by atoms with Crippen LogP contribution in [0.1, 0.15) is 23.6 Å². The highest BCUT2D eigenvalue weighted by atomic mass is 79.9. The first-order valence-corrected chi connectivity index (χ1v) is 8.05. The van der Waals surface area contributed by atoms with Crippen molar-refractivity contribution < 1.29 is 0 Å². The fraction of sp³-hybridized carbons (Fsp3) is 0.188. The third-order valence-electron chi connectivity index (χ3n) is 3.37. The summed E-state index contributed by atoms with van der Waals surface area (Å²) < 4.78 is 1.09. The summed E-state index contributed by atoms with van der Waals surface area (Å²) in [5.74, 6) is 0. The van der Waals surface area contributed by atoms with Crippen molar-refractivity contribution in [3.05, 3.63) is 69.7 Å². The molecular formula is C16H15BrN2S. The van der Waals surface area contributed by atoms with Crippen molar-refractivity contribution in [1.29, 1.82) is 0 Å². The predicted octanol–water partition coefficient (Wildman–Crippen LogP) is 4.63. The van der Waals surface area contributed by atoms with E-state index < -0.39 is 0 Å². The van der Waals surface area contributed by atoms with E-state index in [2.05, 4.69) is 88.8 Å². The van der Waals surface area contributed by atoms with Crippen molar-refractivity contribution in [2.24, 2.45) is 5.10 Å². The molecule has 0 aliphatic carbocycles. The number of nitrogens with one attached hydrogen (secondary N) is 1. The number of benzene rings is 2. The van der Waals surface area contributed by atoms with Gasteiger partial charge in [0.05, 0.1) is 0 Å². The van der Waals surface area contributed by atoms with Crippen LogP contribution in [0.5, 0.6) is 0 Å². The summed E-state index contributed by atoms with van der Waals surface area (Å²) >= 11 is 5.23. The summed E-state index contributed by atoms with van der Waals surface area (Å²) in [7, 11) is 0. The lowest BCUT2D eigenvalue weighted by molar-refractivity contribution is 0.563. The van der Waals surface area contributed by atoms with E-state index in [0.717, 1.165) is 15.1 Å². The molecule has 2 aromatic carbocycles. The molecule has 0 saturated carbocycles. The zero-order chi connectivity index (χ0) is 14.2. The second kappa shape index (κ2) is 5.26. The molecule has 1 heterocycles. The molecule has 20 heavy (non-hydrogen) atoms. The Morgan fingerprint density at radius 3 is 2.35 bits per heavy atom. The van der Waals surface area contributed by atoms with Gasteiger partial charge >= 0.3 is 0 Å². The van der Waals surface area contributed by atoms with Crippen LogP contribution in [0.2, 0.25) is 0 Å². The fourth-order valence-corrected chi connectivity index (χ4v) is 3.45. The first-order chi connectivity index (χ1) is 9.57. The van der Waals surface area contributed by atoms with Gasteiger partial charge in [-0.3, -0.25) is 5.43 Å². The van der Waals surface area contributed by atoms with Crippen LogP contribution in [0, 0.1) is 6.92 Å². The SMILES string of the molecule is Cc1ccc(C2=NNC(C)(c3ccc(Br)cc3)S2)cc1. The minimum absolute atomic E-state index is 0.207. The van der Waals surface area contributed by atoms with Crippen LogP contribution in [0.25, 0.3) is 0 Å². The Hall–Kier alpha value is -1.26. The van der Waals surface area contributed by atoms with E-state index in [0.29, 0.717) is 0 Å². The first-order valence-electron chi connectivity index (χ1n) is 6.44. The normalized spacial score (nSPS) is 21.4. The maximum Gasteiger partial charge on any atom is 0.128 e. The molecule has 3 rings (SSSR count). The summed E-state index contributed by atoms with van der Waals surface area (Å²) in [6.45, 7) is 4.25. The Kier molecular flexibility index (Phi) is 3.61. The number of aryl methyl sites for hydroxylation is 1. The van der Waals surface area contributed by atoms with Gasteiger partial charge in [-0.25, -0.2) is 0 Å². The summed E-state index contributed by atoms with van der Waals surface area (Å²) in [4.78, 5) is -0.207. The van der Waals surface area contributed by atoms with Gasteiger partial charge in [0.1, 0.15) is 9.91 Å². The summed E-state index contributed by atoms with van der Waals surface area (Å²) in [5.41, 5.74) is 6.91. The highest BCUT2D eigenvalue weighted by Gasteiger charge is 2.34. The third-order valence-corrected chi connectivity index (χ3v) is 5.15. The number of hydrogen-bond donors (Lipinski definition) is 1. The molecule has 4 heteroatoms. The lowest BCUT2D eigenvalue weighted by atomic mass is 10.1. The van der Waals surface area contributed by atoms with Gasteiger partial charge < -0.3 is 0 Å². The molecule has 1 aliphatic heterocycles. The largest absolute Gasteiger partial charge is 0.288 e. The molecule has 0 amide bonds. The summed E-state index contributed by atoms with van der Waals surface area (Å²) in [5, 5.41) is 5.54. The molecule has 0 radical (unpaired) electrons. The Labute approximate surface area is 131 Å². The van der Waals surface area contributed by atoms with E-state index in [1.54, 1.807) is 11.8 Å². The Morgan fingerprint density at radius 1 is 1.05 bits per heavy atom. The number of hydrogen-bond acceptors (Lipinski definition) is 3. The molecule has 1 N–H and O–H groups in total. The van der Waals surface area contributed by atoms with Gasteiger partial charge in [-0.2, -0.15) is 5.10 Å². The van der Waals surface area contributed by atoms with Gasteiger partial charge in [0.15, 0.2) is 0 Å². The zero-order valence-corrected chi connectivity index (χ0v) is 13.8. The second-order valence-electron chi connectivity index (χ2n) is 5.04. The summed E-state index contributed by atoms with van der Waals surface area (Å²) in [6, 6.07) is 16.8. The minimum Gasteiger partial charge on any atom is -0.288 e. The van der Waals surface area contributed by atoms with E-state index >= 15 is 0 Å². The van der Waals surface area contributed by atoms with E-state index in [-0.39, 0.29) is 4.87 Å². The Morgan fingerprint density at radius 2 is 1.70 bits per heavy atom. The molecule has 1 atom stereocenters. The van der Waals surface area contributed by atoms with Gasteiger partial charge in [-0.15, -0.1) is 0 Å². The molecule has 2 aromatic rings. The lowest BCUT2D eigenvalue weighted by Gasteiger charge is -2.23. The molecule has 102 valence electrons. The van der Waals surface area contributed by atoms with Gasteiger partial charge in [-0.1, -0.05) is 69.7 Å². The molecule has 1 aliphatic rings. The standard InChI is InChI=1S/C16H15BrN2S/c1-11-3-5-12(6-4-11)15-18-19-16(2,20-15)13-7-9-14(17)10-8-13/h3-10,19H,1-2H3. The lowest BCUT2D eigenvalue weighted by Crippen LogP contribution is -2.28. The van der Waals surface area contributed by atoms with Crippen LogP contribution < -0.4 is 5.43 Å². The average Bonchev–Trinajstić information content (AvgIpc) is 2.84. The molecular weight excluding hydrogens is 332 g/mol. The number of rotatable bonds is 2. The van der Waals surface area contributed by atoms with E-state index in [9.17, 15) is 0 Å².